The number of carbonyl (C=O) groups is 1. The van der Waals surface area contributed by atoms with Gasteiger partial charge in [-0.1, -0.05) is 26.0 Å². The average Bonchev–Trinajstić information content (AvgIpc) is 2.76. The zero-order chi connectivity index (χ0) is 23.9. The first-order valence-electron chi connectivity index (χ1n) is 11.2. The van der Waals surface area contributed by atoms with E-state index in [-0.39, 0.29) is 17.3 Å². The van der Waals surface area contributed by atoms with Crippen molar-refractivity contribution < 1.29 is 13.2 Å². The highest BCUT2D eigenvalue weighted by Gasteiger charge is 2.23. The molecule has 0 aliphatic carbocycles. The van der Waals surface area contributed by atoms with Gasteiger partial charge in [0, 0.05) is 31.9 Å². The first-order valence-corrected chi connectivity index (χ1v) is 12.6. The zero-order valence-electron chi connectivity index (χ0n) is 20.0. The van der Waals surface area contributed by atoms with Crippen LogP contribution < -0.4 is 15.5 Å². The van der Waals surface area contributed by atoms with Crippen LogP contribution in [-0.2, 0) is 14.8 Å². The minimum Gasteiger partial charge on any atom is -0.374 e. The van der Waals surface area contributed by atoms with Crippen LogP contribution >= 0.6 is 0 Å². The van der Waals surface area contributed by atoms with Gasteiger partial charge in [0.15, 0.2) is 0 Å². The molecule has 2 N–H and O–H groups in total. The highest BCUT2D eigenvalue weighted by molar-refractivity contribution is 7.89. The fourth-order valence-corrected chi connectivity index (χ4v) is 5.10. The van der Waals surface area contributed by atoms with Gasteiger partial charge in [-0.2, -0.15) is 4.31 Å². The summed E-state index contributed by atoms with van der Waals surface area (Å²) in [6, 6.07) is 11.0. The molecule has 0 heterocycles. The molecule has 176 valence electrons. The van der Waals surface area contributed by atoms with Crippen molar-refractivity contribution >= 4 is 33.0 Å². The number of carbonyl (C=O) groups excluding carboxylic acids is 1. The van der Waals surface area contributed by atoms with Crippen LogP contribution in [0.5, 0.6) is 0 Å². The van der Waals surface area contributed by atoms with Gasteiger partial charge in [-0.05, 0) is 63.1 Å². The Morgan fingerprint density at radius 1 is 0.875 bits per heavy atom. The van der Waals surface area contributed by atoms with E-state index in [1.165, 1.54) is 4.31 Å². The molecule has 2 rings (SSSR count). The van der Waals surface area contributed by atoms with E-state index in [0.29, 0.717) is 18.8 Å². The molecule has 2 aromatic rings. The number of hydrogen-bond donors (Lipinski definition) is 2. The van der Waals surface area contributed by atoms with E-state index >= 15 is 0 Å². The van der Waals surface area contributed by atoms with Crippen molar-refractivity contribution in [3.8, 4) is 0 Å². The Balaban J connectivity index is 2.32. The summed E-state index contributed by atoms with van der Waals surface area (Å²) in [5.74, 6) is -0.193. The highest BCUT2D eigenvalue weighted by atomic mass is 32.2. The summed E-state index contributed by atoms with van der Waals surface area (Å²) in [5, 5.41) is 6.11. The molecule has 0 aliphatic heterocycles. The van der Waals surface area contributed by atoms with Crippen LogP contribution in [0.25, 0.3) is 0 Å². The van der Waals surface area contributed by atoms with Crippen molar-refractivity contribution in [1.29, 1.82) is 0 Å². The fraction of sp³-hybridized carbons (Fsp3) is 0.458. The first kappa shape index (κ1) is 25.7. The standard InChI is InChI=1S/C24H36N4O3S/c1-7-27(8-2)23-14-13-20(32(30,31)28(9-3)10-4)16-22(23)25-17-24(29)26-21-15-18(5)11-12-19(21)6/h11-16,25H,7-10,17H2,1-6H3,(H,26,29). The zero-order valence-corrected chi connectivity index (χ0v) is 20.8. The number of sulfonamides is 1. The second-order valence-corrected chi connectivity index (χ2v) is 9.60. The van der Waals surface area contributed by atoms with E-state index in [4.69, 9.17) is 0 Å². The van der Waals surface area contributed by atoms with Crippen molar-refractivity contribution in [1.82, 2.24) is 4.31 Å². The number of nitrogens with one attached hydrogen (secondary N) is 2. The molecule has 7 nitrogen and oxygen atoms in total. The van der Waals surface area contributed by atoms with Crippen LogP contribution in [0.4, 0.5) is 17.1 Å². The maximum absolute atomic E-state index is 13.0. The quantitative estimate of drug-likeness (QED) is 0.524. The molecule has 8 heteroatoms. The minimum absolute atomic E-state index is 0.0242. The van der Waals surface area contributed by atoms with E-state index in [1.54, 1.807) is 12.1 Å². The third-order valence-electron chi connectivity index (χ3n) is 5.52. The van der Waals surface area contributed by atoms with Gasteiger partial charge in [0.1, 0.15) is 0 Å². The van der Waals surface area contributed by atoms with Crippen LogP contribution in [-0.4, -0.2) is 51.4 Å². The topological polar surface area (TPSA) is 81.8 Å². The summed E-state index contributed by atoms with van der Waals surface area (Å²) in [6.45, 7) is 14.0. The van der Waals surface area contributed by atoms with E-state index in [2.05, 4.69) is 15.5 Å². The van der Waals surface area contributed by atoms with Crippen LogP contribution in [0.3, 0.4) is 0 Å². The van der Waals surface area contributed by atoms with Gasteiger partial charge in [-0.25, -0.2) is 8.42 Å². The molecular formula is C24H36N4O3S. The molecule has 0 aliphatic rings. The van der Waals surface area contributed by atoms with Crippen LogP contribution in [0.15, 0.2) is 41.3 Å². The summed E-state index contributed by atoms with van der Waals surface area (Å²) in [4.78, 5) is 15.0. The third kappa shape index (κ3) is 6.01. The largest absolute Gasteiger partial charge is 0.374 e. The van der Waals surface area contributed by atoms with Crippen molar-refractivity contribution in [3.05, 3.63) is 47.5 Å². The predicted molar refractivity (Wildman–Crippen MR) is 133 cm³/mol. The first-order chi connectivity index (χ1) is 15.2. The van der Waals surface area contributed by atoms with Crippen molar-refractivity contribution in [3.63, 3.8) is 0 Å². The molecule has 2 aromatic carbocycles. The number of nitrogens with zero attached hydrogens (tertiary/aromatic N) is 2. The average molecular weight is 461 g/mol. The Bertz CT molecular complexity index is 1030. The Hall–Kier alpha value is -2.58. The number of rotatable bonds is 11. The third-order valence-corrected chi connectivity index (χ3v) is 7.57. The second kappa shape index (κ2) is 11.3. The Morgan fingerprint density at radius 2 is 1.53 bits per heavy atom. The lowest BCUT2D eigenvalue weighted by molar-refractivity contribution is -0.114. The SMILES string of the molecule is CCN(CC)c1ccc(S(=O)(=O)N(CC)CC)cc1NCC(=O)Nc1cc(C)ccc1C. The summed E-state index contributed by atoms with van der Waals surface area (Å²) in [7, 11) is -3.60. The van der Waals surface area contributed by atoms with Gasteiger partial charge in [-0.3, -0.25) is 4.79 Å². The molecule has 1 amide bonds. The second-order valence-electron chi connectivity index (χ2n) is 7.66. The maximum Gasteiger partial charge on any atom is 0.243 e. The van der Waals surface area contributed by atoms with E-state index in [0.717, 1.165) is 35.6 Å². The molecule has 0 saturated heterocycles. The Labute approximate surface area is 192 Å². The van der Waals surface area contributed by atoms with Gasteiger partial charge in [0.05, 0.1) is 22.8 Å². The fourth-order valence-electron chi connectivity index (χ4n) is 3.61. The summed E-state index contributed by atoms with van der Waals surface area (Å²) in [5.41, 5.74) is 4.32. The highest BCUT2D eigenvalue weighted by Crippen LogP contribution is 2.30. The molecule has 0 radical (unpaired) electrons. The van der Waals surface area contributed by atoms with E-state index < -0.39 is 10.0 Å². The number of aryl methyl sites for hydroxylation is 2. The lowest BCUT2D eigenvalue weighted by Crippen LogP contribution is -2.31. The van der Waals surface area contributed by atoms with Gasteiger partial charge < -0.3 is 15.5 Å². The molecule has 0 bridgehead atoms. The normalized spacial score (nSPS) is 11.5. The summed E-state index contributed by atoms with van der Waals surface area (Å²) in [6.07, 6.45) is 0. The molecule has 0 atom stereocenters. The summed E-state index contributed by atoms with van der Waals surface area (Å²) >= 11 is 0. The Kier molecular flexibility index (Phi) is 9.09. The smallest absolute Gasteiger partial charge is 0.243 e. The van der Waals surface area contributed by atoms with Gasteiger partial charge in [0.25, 0.3) is 0 Å². The van der Waals surface area contributed by atoms with Crippen LogP contribution in [0.1, 0.15) is 38.8 Å². The lowest BCUT2D eigenvalue weighted by atomic mass is 10.1. The van der Waals surface area contributed by atoms with E-state index in [1.807, 2.05) is 65.8 Å². The van der Waals surface area contributed by atoms with E-state index in [9.17, 15) is 13.2 Å². The molecule has 0 fully saturated rings. The van der Waals surface area contributed by atoms with Gasteiger partial charge in [-0.15, -0.1) is 0 Å². The molecule has 0 saturated carbocycles. The van der Waals surface area contributed by atoms with Crippen LogP contribution in [0.2, 0.25) is 0 Å². The Morgan fingerprint density at radius 3 is 2.12 bits per heavy atom. The van der Waals surface area contributed by atoms with Crippen LogP contribution in [0, 0.1) is 13.8 Å². The summed E-state index contributed by atoms with van der Waals surface area (Å²) < 4.78 is 27.5. The maximum atomic E-state index is 13.0. The molecule has 0 aromatic heterocycles. The molecule has 0 unspecified atom stereocenters. The number of amides is 1. The molecule has 32 heavy (non-hydrogen) atoms. The monoisotopic (exact) mass is 460 g/mol. The molecule has 0 spiro atoms. The van der Waals surface area contributed by atoms with Gasteiger partial charge in [0.2, 0.25) is 15.9 Å². The van der Waals surface area contributed by atoms with Crippen molar-refractivity contribution in [2.24, 2.45) is 0 Å². The number of hydrogen-bond acceptors (Lipinski definition) is 5. The number of anilines is 3. The van der Waals surface area contributed by atoms with Gasteiger partial charge >= 0.3 is 0 Å². The van der Waals surface area contributed by atoms with Crippen molar-refractivity contribution in [2.45, 2.75) is 46.4 Å². The minimum atomic E-state index is -3.60. The van der Waals surface area contributed by atoms with Crippen molar-refractivity contribution in [2.75, 3.05) is 48.3 Å². The lowest BCUT2D eigenvalue weighted by Gasteiger charge is -2.26. The number of benzene rings is 2. The predicted octanol–water partition coefficient (Wildman–Crippen LogP) is 4.23. The molecular weight excluding hydrogens is 424 g/mol.